The number of rotatable bonds is 57. The van der Waals surface area contributed by atoms with E-state index >= 15 is 0 Å². The van der Waals surface area contributed by atoms with Crippen LogP contribution in [0.2, 0.25) is 0 Å². The van der Waals surface area contributed by atoms with Gasteiger partial charge in [-0.15, -0.1) is 0 Å². The molecule has 0 radical (unpaired) electrons. The Morgan fingerprint density at radius 1 is 0.398 bits per heavy atom. The number of amides is 1. The minimum Gasteiger partial charge on any atom is -0.394 e. The zero-order chi connectivity index (χ0) is 67.5. The minimum absolute atomic E-state index is 0.245. The second-order valence-electron chi connectivity index (χ2n) is 26.4. The van der Waals surface area contributed by atoms with Crippen LogP contribution in [-0.4, -0.2) is 193 Å². The summed E-state index contributed by atoms with van der Waals surface area (Å²) in [5, 5.41) is 120. The van der Waals surface area contributed by atoms with Gasteiger partial charge in [-0.3, -0.25) is 4.79 Å². The van der Waals surface area contributed by atoms with E-state index in [2.05, 4.69) is 67.8 Å². The number of allylic oxidation sites excluding steroid dienone is 9. The molecule has 3 aliphatic heterocycles. The average Bonchev–Trinajstić information content (AvgIpc) is 0.805. The van der Waals surface area contributed by atoms with Gasteiger partial charge in [-0.2, -0.15) is 0 Å². The van der Waals surface area contributed by atoms with Gasteiger partial charge in [0.15, 0.2) is 18.9 Å². The number of aliphatic hydroxyl groups excluding tert-OH is 11. The van der Waals surface area contributed by atoms with E-state index in [1.807, 2.05) is 6.08 Å². The summed E-state index contributed by atoms with van der Waals surface area (Å²) in [7, 11) is 0. The molecule has 3 fully saturated rings. The highest BCUT2D eigenvalue weighted by atomic mass is 16.8. The van der Waals surface area contributed by atoms with Crippen LogP contribution >= 0.6 is 0 Å². The number of ether oxygens (including phenoxy) is 6. The fourth-order valence-corrected chi connectivity index (χ4v) is 12.4. The molecule has 542 valence electrons. The third-order valence-electron chi connectivity index (χ3n) is 18.3. The molecule has 0 saturated carbocycles. The van der Waals surface area contributed by atoms with Crippen LogP contribution in [0.1, 0.15) is 271 Å². The van der Waals surface area contributed by atoms with Gasteiger partial charge in [0.25, 0.3) is 0 Å². The summed E-state index contributed by atoms with van der Waals surface area (Å²) in [6.07, 6.45) is 42.4. The first-order valence-electron chi connectivity index (χ1n) is 37.0. The molecule has 3 rings (SSSR count). The number of nitrogens with one attached hydrogen (secondary N) is 1. The number of unbranched alkanes of at least 4 members (excludes halogenated alkanes) is 33. The normalized spacial score (nSPS) is 27.9. The highest BCUT2D eigenvalue weighted by Crippen LogP contribution is 2.33. The van der Waals surface area contributed by atoms with Crippen molar-refractivity contribution in [3.05, 3.63) is 60.8 Å². The molecule has 0 aliphatic carbocycles. The van der Waals surface area contributed by atoms with E-state index < -0.39 is 124 Å². The lowest BCUT2D eigenvalue weighted by Gasteiger charge is -2.48. The van der Waals surface area contributed by atoms with Gasteiger partial charge in [-0.1, -0.05) is 267 Å². The molecule has 0 aromatic carbocycles. The number of aliphatic hydroxyl groups is 11. The lowest BCUT2D eigenvalue weighted by Crippen LogP contribution is -2.66. The van der Waals surface area contributed by atoms with Gasteiger partial charge >= 0.3 is 0 Å². The lowest BCUT2D eigenvalue weighted by atomic mass is 9.96. The van der Waals surface area contributed by atoms with Gasteiger partial charge in [0.1, 0.15) is 73.2 Å². The first kappa shape index (κ1) is 84.7. The molecule has 19 nitrogen and oxygen atoms in total. The molecule has 12 N–H and O–H groups in total. The molecule has 3 aliphatic rings. The van der Waals surface area contributed by atoms with Crippen molar-refractivity contribution in [2.75, 3.05) is 26.4 Å². The summed E-state index contributed by atoms with van der Waals surface area (Å²) in [4.78, 5) is 13.4. The SMILES string of the molecule is CC/C=C\C/C=C\C/C=C\C/C=C\CCCCCCCCCCCCCCCCCCCCCCCCCCC(=O)NC(COC1OC(CO)C(OC2OC(CO)C(OC3OC(CO)C(O)C(O)C3O)C(O)C2O)C(O)C1O)C(O)/C=C/CCCCCCCCCCC. The van der Waals surface area contributed by atoms with Gasteiger partial charge in [-0.25, -0.2) is 0 Å². The summed E-state index contributed by atoms with van der Waals surface area (Å²) in [6, 6.07) is -0.971. The van der Waals surface area contributed by atoms with Crippen LogP contribution in [0.4, 0.5) is 0 Å². The predicted molar refractivity (Wildman–Crippen MR) is 365 cm³/mol. The number of hydrogen-bond donors (Lipinski definition) is 12. The van der Waals surface area contributed by atoms with E-state index in [1.54, 1.807) is 6.08 Å². The standard InChI is InChI=1S/C74H133NO18/c1-3-5-7-9-11-13-15-16-17-18-19-20-21-22-23-24-25-26-27-28-29-30-31-32-33-34-35-36-37-38-39-40-42-44-46-48-50-52-62(80)75-57(58(79)51-49-47-45-43-41-14-12-10-8-6-4-2)56-88-72-68(86)65(83)70(60(54-77)90-72)93-74-69(87)66(84)71(61(55-78)91-74)92-73-67(85)64(82)63(81)59(53-76)89-73/h5,7,11,13,16-17,19-20,49,51,57-61,63-74,76-79,81-87H,3-4,6,8-10,12,14-15,18,21-48,50,52-56H2,1-2H3,(H,75,80)/b7-5-,13-11-,17-16-,20-19-,51-49+. The quantitative estimate of drug-likeness (QED) is 0.0199. The van der Waals surface area contributed by atoms with Crippen molar-refractivity contribution in [1.29, 1.82) is 0 Å². The van der Waals surface area contributed by atoms with Gasteiger partial charge in [-0.05, 0) is 57.8 Å². The summed E-state index contributed by atoms with van der Waals surface area (Å²) in [5.74, 6) is -0.274. The molecule has 3 heterocycles. The van der Waals surface area contributed by atoms with E-state index in [1.165, 1.54) is 173 Å². The second-order valence-corrected chi connectivity index (χ2v) is 26.4. The topological polar surface area (TPSA) is 307 Å². The van der Waals surface area contributed by atoms with Crippen LogP contribution in [0.3, 0.4) is 0 Å². The Labute approximate surface area is 560 Å². The summed E-state index contributed by atoms with van der Waals surface area (Å²) < 4.78 is 34.3. The lowest BCUT2D eigenvalue weighted by molar-refractivity contribution is -0.379. The molecule has 0 aromatic heterocycles. The molecule has 1 amide bonds. The maximum atomic E-state index is 13.4. The maximum absolute atomic E-state index is 13.4. The first-order valence-corrected chi connectivity index (χ1v) is 37.0. The largest absolute Gasteiger partial charge is 0.394 e. The van der Waals surface area contributed by atoms with Crippen LogP contribution in [-0.2, 0) is 33.2 Å². The maximum Gasteiger partial charge on any atom is 0.220 e. The Kier molecular flexibility index (Phi) is 50.4. The van der Waals surface area contributed by atoms with Crippen molar-refractivity contribution in [3.8, 4) is 0 Å². The average molecular weight is 1320 g/mol. The van der Waals surface area contributed by atoms with Crippen molar-refractivity contribution in [2.45, 2.75) is 375 Å². The third-order valence-corrected chi connectivity index (χ3v) is 18.3. The van der Waals surface area contributed by atoms with Gasteiger partial charge in [0, 0.05) is 6.42 Å². The van der Waals surface area contributed by atoms with E-state index in [9.17, 15) is 61.0 Å². The second kappa shape index (κ2) is 55.4. The smallest absolute Gasteiger partial charge is 0.220 e. The molecular weight excluding hydrogens is 1190 g/mol. The monoisotopic (exact) mass is 1320 g/mol. The van der Waals surface area contributed by atoms with Crippen molar-refractivity contribution < 1.29 is 89.4 Å². The Morgan fingerprint density at radius 3 is 1.16 bits per heavy atom. The fraction of sp³-hybridized carbons (Fsp3) is 0.851. The summed E-state index contributed by atoms with van der Waals surface area (Å²) in [5.41, 5.74) is 0. The molecule has 0 bridgehead atoms. The Balaban J connectivity index is 1.29. The van der Waals surface area contributed by atoms with Gasteiger partial charge < -0.3 is 89.9 Å². The van der Waals surface area contributed by atoms with Gasteiger partial charge in [0.05, 0.1) is 38.6 Å². The molecule has 3 saturated heterocycles. The van der Waals surface area contributed by atoms with Crippen molar-refractivity contribution in [2.24, 2.45) is 0 Å². The highest BCUT2D eigenvalue weighted by Gasteiger charge is 2.53. The number of hydrogen-bond acceptors (Lipinski definition) is 18. The van der Waals surface area contributed by atoms with Crippen LogP contribution in [0.5, 0.6) is 0 Å². The number of carbonyl (C=O) groups excluding carboxylic acids is 1. The zero-order valence-corrected chi connectivity index (χ0v) is 57.5. The summed E-state index contributed by atoms with van der Waals surface area (Å²) >= 11 is 0. The molecule has 0 aromatic rings. The van der Waals surface area contributed by atoms with Crippen LogP contribution in [0.15, 0.2) is 60.8 Å². The molecular formula is C74H133NO18. The Bertz CT molecular complexity index is 1920. The van der Waals surface area contributed by atoms with E-state index in [-0.39, 0.29) is 18.9 Å². The van der Waals surface area contributed by atoms with Crippen LogP contribution in [0, 0.1) is 0 Å². The predicted octanol–water partition coefficient (Wildman–Crippen LogP) is 10.7. The molecule has 19 heteroatoms. The van der Waals surface area contributed by atoms with Crippen LogP contribution in [0.25, 0.3) is 0 Å². The molecule has 0 spiro atoms. The first-order chi connectivity index (χ1) is 45.3. The van der Waals surface area contributed by atoms with Crippen molar-refractivity contribution in [1.82, 2.24) is 5.32 Å². The Hall–Kier alpha value is -2.51. The van der Waals surface area contributed by atoms with E-state index in [0.29, 0.717) is 6.42 Å². The van der Waals surface area contributed by atoms with Gasteiger partial charge in [0.2, 0.25) is 5.91 Å². The third kappa shape index (κ3) is 36.8. The summed E-state index contributed by atoms with van der Waals surface area (Å²) in [6.45, 7) is 1.61. The van der Waals surface area contributed by atoms with Crippen molar-refractivity contribution >= 4 is 5.91 Å². The fourth-order valence-electron chi connectivity index (χ4n) is 12.4. The molecule has 93 heavy (non-hydrogen) atoms. The van der Waals surface area contributed by atoms with E-state index in [4.69, 9.17) is 28.4 Å². The van der Waals surface area contributed by atoms with E-state index in [0.717, 1.165) is 70.6 Å². The molecule has 17 unspecified atom stereocenters. The van der Waals surface area contributed by atoms with Crippen LogP contribution < -0.4 is 5.32 Å². The zero-order valence-electron chi connectivity index (χ0n) is 57.5. The van der Waals surface area contributed by atoms with Crippen molar-refractivity contribution in [3.63, 3.8) is 0 Å². The Morgan fingerprint density at radius 2 is 0.742 bits per heavy atom. The molecule has 17 atom stereocenters. The highest BCUT2D eigenvalue weighted by molar-refractivity contribution is 5.76. The minimum atomic E-state index is -1.98. The number of carbonyl (C=O) groups is 1.